The smallest absolute Gasteiger partial charge is 0.410 e. The van der Waals surface area contributed by atoms with Gasteiger partial charge in [0.05, 0.1) is 12.6 Å². The van der Waals surface area contributed by atoms with E-state index in [0.717, 1.165) is 11.1 Å². The van der Waals surface area contributed by atoms with Gasteiger partial charge in [-0.15, -0.1) is 0 Å². The summed E-state index contributed by atoms with van der Waals surface area (Å²) >= 11 is 0. The first kappa shape index (κ1) is 16.0. The number of aliphatic hydroxyl groups is 1. The van der Waals surface area contributed by atoms with Crippen LogP contribution in [0, 0.1) is 0 Å². The molecular weight excluding hydrogens is 278 g/mol. The molecule has 4 heteroatoms. The molecular formula is C18H21NO3. The van der Waals surface area contributed by atoms with Gasteiger partial charge in [-0.1, -0.05) is 60.7 Å². The molecule has 1 amide bonds. The summed E-state index contributed by atoms with van der Waals surface area (Å²) in [5, 5.41) is 9.67. The average Bonchev–Trinajstić information content (AvgIpc) is 2.59. The Bertz CT molecular complexity index is 571. The van der Waals surface area contributed by atoms with Crippen molar-refractivity contribution in [2.75, 3.05) is 13.2 Å². The highest BCUT2D eigenvalue weighted by atomic mass is 16.6. The number of ether oxygens (including phenoxy) is 1. The number of nitrogens with zero attached hydrogens (tertiary/aromatic N) is 1. The molecule has 0 radical (unpaired) electrons. The van der Waals surface area contributed by atoms with Gasteiger partial charge in [0.1, 0.15) is 6.61 Å². The van der Waals surface area contributed by atoms with Crippen molar-refractivity contribution in [1.82, 2.24) is 4.90 Å². The minimum atomic E-state index is -0.422. The van der Waals surface area contributed by atoms with Gasteiger partial charge in [0.15, 0.2) is 0 Å². The number of benzene rings is 2. The Morgan fingerprint density at radius 1 is 1.09 bits per heavy atom. The fraction of sp³-hybridized carbons (Fsp3) is 0.278. The van der Waals surface area contributed by atoms with E-state index in [-0.39, 0.29) is 13.2 Å². The lowest BCUT2D eigenvalue weighted by Gasteiger charge is -2.29. The second-order valence-corrected chi connectivity index (χ2v) is 4.94. The molecule has 0 aliphatic heterocycles. The zero-order valence-electron chi connectivity index (χ0n) is 12.7. The van der Waals surface area contributed by atoms with Crippen LogP contribution in [0.1, 0.15) is 24.1 Å². The van der Waals surface area contributed by atoms with Crippen LogP contribution >= 0.6 is 0 Å². The number of carbonyl (C=O) groups is 1. The lowest BCUT2D eigenvalue weighted by molar-refractivity contribution is 0.0664. The summed E-state index contributed by atoms with van der Waals surface area (Å²) in [5.74, 6) is 0. The zero-order chi connectivity index (χ0) is 15.8. The Morgan fingerprint density at radius 2 is 1.68 bits per heavy atom. The van der Waals surface area contributed by atoms with Crippen LogP contribution in [0.2, 0.25) is 0 Å². The third kappa shape index (κ3) is 4.09. The molecule has 0 saturated heterocycles. The van der Waals surface area contributed by atoms with E-state index in [4.69, 9.17) is 4.74 Å². The normalized spacial score (nSPS) is 11.7. The van der Waals surface area contributed by atoms with Gasteiger partial charge in [0.25, 0.3) is 0 Å². The number of rotatable bonds is 6. The summed E-state index contributed by atoms with van der Waals surface area (Å²) < 4.78 is 5.36. The zero-order valence-corrected chi connectivity index (χ0v) is 12.7. The van der Waals surface area contributed by atoms with Crippen molar-refractivity contribution in [3.05, 3.63) is 71.8 Å². The molecule has 1 unspecified atom stereocenters. The molecule has 0 aromatic heterocycles. The molecule has 1 N–H and O–H groups in total. The highest BCUT2D eigenvalue weighted by Gasteiger charge is 2.24. The molecule has 0 bridgehead atoms. The van der Waals surface area contributed by atoms with Crippen molar-refractivity contribution in [2.45, 2.75) is 19.6 Å². The van der Waals surface area contributed by atoms with Crippen molar-refractivity contribution >= 4 is 6.09 Å². The molecule has 22 heavy (non-hydrogen) atoms. The number of amides is 1. The molecule has 116 valence electrons. The fourth-order valence-electron chi connectivity index (χ4n) is 2.34. The number of likely N-dealkylation sites (N-methyl/N-ethyl adjacent to an activating group) is 1. The second kappa shape index (κ2) is 8.20. The van der Waals surface area contributed by atoms with Crippen LogP contribution in [-0.4, -0.2) is 29.3 Å². The SMILES string of the molecule is CCN(C(=O)OCc1ccccc1)C(CO)c1ccccc1. The predicted octanol–water partition coefficient (Wildman–Crippen LogP) is 3.38. The maximum Gasteiger partial charge on any atom is 0.410 e. The van der Waals surface area contributed by atoms with E-state index in [9.17, 15) is 9.90 Å². The molecule has 0 aliphatic carbocycles. The van der Waals surface area contributed by atoms with Gasteiger partial charge in [0, 0.05) is 6.54 Å². The van der Waals surface area contributed by atoms with E-state index in [1.165, 1.54) is 4.90 Å². The van der Waals surface area contributed by atoms with Crippen molar-refractivity contribution < 1.29 is 14.6 Å². The molecule has 2 aromatic rings. The maximum absolute atomic E-state index is 12.3. The molecule has 0 heterocycles. The molecule has 1 atom stereocenters. The van der Waals surface area contributed by atoms with Crippen LogP contribution in [0.4, 0.5) is 4.79 Å². The largest absolute Gasteiger partial charge is 0.445 e. The van der Waals surface area contributed by atoms with Gasteiger partial charge >= 0.3 is 6.09 Å². The van der Waals surface area contributed by atoms with Crippen LogP contribution < -0.4 is 0 Å². The van der Waals surface area contributed by atoms with E-state index < -0.39 is 12.1 Å². The van der Waals surface area contributed by atoms with Crippen molar-refractivity contribution in [3.63, 3.8) is 0 Å². The van der Waals surface area contributed by atoms with Gasteiger partial charge < -0.3 is 9.84 Å². The summed E-state index contributed by atoms with van der Waals surface area (Å²) in [5.41, 5.74) is 1.83. The van der Waals surface area contributed by atoms with Crippen LogP contribution in [0.15, 0.2) is 60.7 Å². The molecule has 4 nitrogen and oxygen atoms in total. The summed E-state index contributed by atoms with van der Waals surface area (Å²) in [6.45, 7) is 2.42. The quantitative estimate of drug-likeness (QED) is 0.889. The van der Waals surface area contributed by atoms with Crippen LogP contribution in [0.5, 0.6) is 0 Å². The predicted molar refractivity (Wildman–Crippen MR) is 85.3 cm³/mol. The highest BCUT2D eigenvalue weighted by molar-refractivity contribution is 5.68. The maximum atomic E-state index is 12.3. The number of carbonyl (C=O) groups excluding carboxylic acids is 1. The first-order valence-electron chi connectivity index (χ1n) is 7.39. The summed E-state index contributed by atoms with van der Waals surface area (Å²) in [4.78, 5) is 13.9. The Kier molecular flexibility index (Phi) is 5.98. The molecule has 0 spiro atoms. The number of hydrogen-bond donors (Lipinski definition) is 1. The highest BCUT2D eigenvalue weighted by Crippen LogP contribution is 2.21. The van der Waals surface area contributed by atoms with E-state index in [1.54, 1.807) is 0 Å². The molecule has 0 saturated carbocycles. The van der Waals surface area contributed by atoms with Crippen LogP contribution in [-0.2, 0) is 11.3 Å². The van der Waals surface area contributed by atoms with E-state index in [0.29, 0.717) is 6.54 Å². The fourth-order valence-corrected chi connectivity index (χ4v) is 2.34. The Hall–Kier alpha value is -2.33. The molecule has 2 aromatic carbocycles. The van der Waals surface area contributed by atoms with Crippen LogP contribution in [0.25, 0.3) is 0 Å². The number of hydrogen-bond acceptors (Lipinski definition) is 3. The molecule has 0 aliphatic rings. The Morgan fingerprint density at radius 3 is 2.23 bits per heavy atom. The van der Waals surface area contributed by atoms with Crippen molar-refractivity contribution in [3.8, 4) is 0 Å². The lowest BCUT2D eigenvalue weighted by Crippen LogP contribution is -2.37. The summed E-state index contributed by atoms with van der Waals surface area (Å²) in [6.07, 6.45) is -0.422. The average molecular weight is 299 g/mol. The van der Waals surface area contributed by atoms with Crippen molar-refractivity contribution in [2.24, 2.45) is 0 Å². The molecule has 2 rings (SSSR count). The minimum absolute atomic E-state index is 0.141. The standard InChI is InChI=1S/C18H21NO3/c1-2-19(17(13-20)16-11-7-4-8-12-16)18(21)22-14-15-9-5-3-6-10-15/h3-12,17,20H,2,13-14H2,1H3. The lowest BCUT2D eigenvalue weighted by atomic mass is 10.1. The van der Waals surface area contributed by atoms with E-state index in [2.05, 4.69) is 0 Å². The second-order valence-electron chi connectivity index (χ2n) is 4.94. The third-order valence-electron chi connectivity index (χ3n) is 3.51. The molecule has 0 fully saturated rings. The Balaban J connectivity index is 2.04. The van der Waals surface area contributed by atoms with Crippen LogP contribution in [0.3, 0.4) is 0 Å². The van der Waals surface area contributed by atoms with Gasteiger partial charge in [0.2, 0.25) is 0 Å². The van der Waals surface area contributed by atoms with E-state index >= 15 is 0 Å². The topological polar surface area (TPSA) is 49.8 Å². The minimum Gasteiger partial charge on any atom is -0.445 e. The van der Waals surface area contributed by atoms with Gasteiger partial charge in [-0.05, 0) is 18.1 Å². The Labute approximate surface area is 131 Å². The first-order valence-corrected chi connectivity index (χ1v) is 7.39. The summed E-state index contributed by atoms with van der Waals surface area (Å²) in [6, 6.07) is 18.6. The van der Waals surface area contributed by atoms with Gasteiger partial charge in [-0.25, -0.2) is 4.79 Å². The van der Waals surface area contributed by atoms with Gasteiger partial charge in [-0.2, -0.15) is 0 Å². The van der Waals surface area contributed by atoms with E-state index in [1.807, 2.05) is 67.6 Å². The summed E-state index contributed by atoms with van der Waals surface area (Å²) in [7, 11) is 0. The third-order valence-corrected chi connectivity index (χ3v) is 3.51. The first-order chi connectivity index (χ1) is 10.8. The number of aliphatic hydroxyl groups excluding tert-OH is 1. The monoisotopic (exact) mass is 299 g/mol. The van der Waals surface area contributed by atoms with Gasteiger partial charge in [-0.3, -0.25) is 4.90 Å². The van der Waals surface area contributed by atoms with Crippen molar-refractivity contribution in [1.29, 1.82) is 0 Å².